The van der Waals surface area contributed by atoms with E-state index in [1.54, 1.807) is 24.3 Å². The second-order valence-corrected chi connectivity index (χ2v) is 6.13. The van der Waals surface area contributed by atoms with Crippen molar-refractivity contribution >= 4 is 23.2 Å². The van der Waals surface area contributed by atoms with Gasteiger partial charge in [-0.1, -0.05) is 18.2 Å². The van der Waals surface area contributed by atoms with Gasteiger partial charge in [0.15, 0.2) is 5.82 Å². The van der Waals surface area contributed by atoms with Crippen LogP contribution in [-0.4, -0.2) is 15.9 Å². The molecule has 0 aliphatic carbocycles. The smallest absolute Gasteiger partial charge is 0.382 e. The van der Waals surface area contributed by atoms with E-state index in [0.717, 1.165) is 12.1 Å². The molecule has 2 aromatic carbocycles. The van der Waals surface area contributed by atoms with Crippen molar-refractivity contribution in [2.75, 3.05) is 10.6 Å². The van der Waals surface area contributed by atoms with Crippen LogP contribution >= 0.6 is 0 Å². The van der Waals surface area contributed by atoms with Gasteiger partial charge >= 0.3 is 6.18 Å². The highest BCUT2D eigenvalue weighted by Gasteiger charge is 2.32. The maximum atomic E-state index is 13.0. The lowest BCUT2D eigenvalue weighted by molar-refractivity contribution is -0.137. The second kappa shape index (κ2) is 6.08. The number of nitrogen functional groups attached to an aromatic ring is 1. The zero-order chi connectivity index (χ0) is 19.2. The summed E-state index contributed by atoms with van der Waals surface area (Å²) in [5.74, 6) is 0.297. The molecular weight excluding hydrogens is 357 g/mol. The minimum Gasteiger partial charge on any atom is -0.382 e. The second-order valence-electron chi connectivity index (χ2n) is 6.13. The highest BCUT2D eigenvalue weighted by Crippen LogP contribution is 2.38. The molecule has 0 spiro atoms. The molecule has 0 bridgehead atoms. The highest BCUT2D eigenvalue weighted by molar-refractivity contribution is 6.07. The molecule has 8 heteroatoms. The van der Waals surface area contributed by atoms with Crippen molar-refractivity contribution in [3.63, 3.8) is 0 Å². The van der Waals surface area contributed by atoms with E-state index < -0.39 is 11.7 Å². The Morgan fingerprint density at radius 1 is 1.04 bits per heavy atom. The Morgan fingerprint density at radius 3 is 2.56 bits per heavy atom. The number of anilines is 3. The lowest BCUT2D eigenvalue weighted by Gasteiger charge is -2.16. The van der Waals surface area contributed by atoms with Gasteiger partial charge in [0.2, 0.25) is 5.91 Å². The van der Waals surface area contributed by atoms with Gasteiger partial charge < -0.3 is 5.73 Å². The molecule has 0 saturated carbocycles. The number of fused-ring (bicyclic) bond motifs is 1. The van der Waals surface area contributed by atoms with Crippen molar-refractivity contribution < 1.29 is 18.0 Å². The van der Waals surface area contributed by atoms with Gasteiger partial charge in [0.25, 0.3) is 0 Å². The predicted molar refractivity (Wildman–Crippen MR) is 94.2 cm³/mol. The minimum atomic E-state index is -4.41. The van der Waals surface area contributed by atoms with Crippen molar-refractivity contribution in [1.29, 1.82) is 0 Å². The maximum Gasteiger partial charge on any atom is 0.416 e. The molecule has 0 unspecified atom stereocenters. The number of benzene rings is 2. The van der Waals surface area contributed by atoms with E-state index in [0.29, 0.717) is 28.2 Å². The molecule has 2 heterocycles. The normalized spacial score (nSPS) is 13.7. The summed E-state index contributed by atoms with van der Waals surface area (Å²) in [4.78, 5) is 21.9. The molecule has 0 radical (unpaired) electrons. The van der Waals surface area contributed by atoms with Crippen LogP contribution in [-0.2, 0) is 17.4 Å². The fourth-order valence-electron chi connectivity index (χ4n) is 3.11. The van der Waals surface area contributed by atoms with E-state index in [2.05, 4.69) is 9.97 Å². The van der Waals surface area contributed by atoms with Gasteiger partial charge in [0, 0.05) is 0 Å². The highest BCUT2D eigenvalue weighted by atomic mass is 19.4. The predicted octanol–water partition coefficient (Wildman–Crippen LogP) is 3.97. The molecule has 1 amide bonds. The van der Waals surface area contributed by atoms with Crippen LogP contribution in [0.15, 0.2) is 54.9 Å². The van der Waals surface area contributed by atoms with E-state index in [9.17, 15) is 18.0 Å². The molecule has 0 saturated heterocycles. The lowest BCUT2D eigenvalue weighted by Crippen LogP contribution is -2.22. The summed E-state index contributed by atoms with van der Waals surface area (Å²) in [6.07, 6.45) is -1.48. The van der Waals surface area contributed by atoms with Crippen molar-refractivity contribution in [3.05, 3.63) is 66.0 Å². The number of carbonyl (C=O) groups is 1. The Kier molecular flexibility index (Phi) is 3.83. The summed E-state index contributed by atoms with van der Waals surface area (Å²) in [6.45, 7) is 0. The molecule has 4 rings (SSSR count). The Morgan fingerprint density at radius 2 is 1.81 bits per heavy atom. The minimum absolute atomic E-state index is 0.124. The summed E-state index contributed by atoms with van der Waals surface area (Å²) in [5, 5.41) is 0. The van der Waals surface area contributed by atoms with Crippen LogP contribution < -0.4 is 10.6 Å². The maximum absolute atomic E-state index is 13.0. The van der Waals surface area contributed by atoms with Crippen LogP contribution in [0.5, 0.6) is 0 Å². The monoisotopic (exact) mass is 370 g/mol. The number of aromatic nitrogens is 2. The zero-order valence-corrected chi connectivity index (χ0v) is 13.9. The third-order valence-corrected chi connectivity index (χ3v) is 4.30. The molecular formula is C19H13F3N4O. The van der Waals surface area contributed by atoms with Gasteiger partial charge in [0.05, 0.1) is 30.1 Å². The molecule has 3 aromatic rings. The average molecular weight is 370 g/mol. The number of carbonyl (C=O) groups excluding carboxylic acids is 1. The van der Waals surface area contributed by atoms with Crippen molar-refractivity contribution in [2.24, 2.45) is 0 Å². The molecule has 2 N–H and O–H groups in total. The van der Waals surface area contributed by atoms with E-state index in [1.165, 1.54) is 23.4 Å². The van der Waals surface area contributed by atoms with Gasteiger partial charge in [-0.3, -0.25) is 14.7 Å². The number of amides is 1. The number of nitrogens with two attached hydrogens (primary N) is 1. The van der Waals surface area contributed by atoms with Gasteiger partial charge in [0.1, 0.15) is 5.82 Å². The van der Waals surface area contributed by atoms with Crippen molar-refractivity contribution in [1.82, 2.24) is 9.97 Å². The van der Waals surface area contributed by atoms with E-state index in [4.69, 9.17) is 5.73 Å². The Bertz CT molecular complexity index is 1050. The number of nitrogens with zero attached hydrogens (tertiary/aromatic N) is 3. The van der Waals surface area contributed by atoms with E-state index >= 15 is 0 Å². The molecule has 0 fully saturated rings. The van der Waals surface area contributed by atoms with E-state index in [-0.39, 0.29) is 18.1 Å². The average Bonchev–Trinajstić information content (AvgIpc) is 2.96. The number of hydrogen-bond acceptors (Lipinski definition) is 4. The van der Waals surface area contributed by atoms with Crippen LogP contribution in [0.4, 0.5) is 30.5 Å². The first kappa shape index (κ1) is 17.0. The molecule has 0 atom stereocenters. The summed E-state index contributed by atoms with van der Waals surface area (Å²) in [6, 6.07) is 10.2. The Balaban J connectivity index is 1.74. The van der Waals surface area contributed by atoms with Crippen molar-refractivity contribution in [3.8, 4) is 11.1 Å². The first-order chi connectivity index (χ1) is 12.8. The number of alkyl halides is 3. The van der Waals surface area contributed by atoms with Crippen LogP contribution in [0.25, 0.3) is 11.1 Å². The Labute approximate surface area is 152 Å². The first-order valence-electron chi connectivity index (χ1n) is 8.04. The topological polar surface area (TPSA) is 72.1 Å². The third-order valence-electron chi connectivity index (χ3n) is 4.30. The molecule has 5 nitrogen and oxygen atoms in total. The van der Waals surface area contributed by atoms with Crippen LogP contribution in [0.1, 0.15) is 11.1 Å². The summed E-state index contributed by atoms with van der Waals surface area (Å²) >= 11 is 0. The fourth-order valence-corrected chi connectivity index (χ4v) is 3.11. The third kappa shape index (κ3) is 3.10. The van der Waals surface area contributed by atoms with Gasteiger partial charge in [-0.25, -0.2) is 4.98 Å². The van der Waals surface area contributed by atoms with Crippen molar-refractivity contribution in [2.45, 2.75) is 12.6 Å². The number of rotatable bonds is 2. The number of hydrogen-bond donors (Lipinski definition) is 1. The van der Waals surface area contributed by atoms with E-state index in [1.807, 2.05) is 0 Å². The standard InChI is InChI=1S/C19H13F3N4O/c20-19(21,22)14-3-1-2-11(7-14)12-4-5-15-13(6-12)8-18(27)26(15)17-10-24-9-16(23)25-17/h1-7,9-10H,8H2,(H2,23,25). The molecule has 1 aliphatic rings. The largest absolute Gasteiger partial charge is 0.416 e. The summed E-state index contributed by atoms with van der Waals surface area (Å²) in [7, 11) is 0. The number of halogens is 3. The fraction of sp³-hybridized carbons (Fsp3) is 0.105. The lowest BCUT2D eigenvalue weighted by atomic mass is 10.00. The van der Waals surface area contributed by atoms with Crippen LogP contribution in [0.3, 0.4) is 0 Å². The van der Waals surface area contributed by atoms with Gasteiger partial charge in [-0.05, 0) is 41.0 Å². The molecule has 1 aliphatic heterocycles. The summed E-state index contributed by atoms with van der Waals surface area (Å²) in [5.41, 5.74) is 7.29. The van der Waals surface area contributed by atoms with Crippen LogP contribution in [0, 0.1) is 0 Å². The molecule has 27 heavy (non-hydrogen) atoms. The quantitative estimate of drug-likeness (QED) is 0.741. The zero-order valence-electron chi connectivity index (χ0n) is 13.9. The SMILES string of the molecule is Nc1cncc(N2C(=O)Cc3cc(-c4cccc(C(F)(F)F)c4)ccc32)n1. The summed E-state index contributed by atoms with van der Waals surface area (Å²) < 4.78 is 38.9. The van der Waals surface area contributed by atoms with Gasteiger partial charge in [-0.15, -0.1) is 0 Å². The molecule has 136 valence electrons. The van der Waals surface area contributed by atoms with Gasteiger partial charge in [-0.2, -0.15) is 13.2 Å². The van der Waals surface area contributed by atoms with Crippen LogP contribution in [0.2, 0.25) is 0 Å². The Hall–Kier alpha value is -3.42. The first-order valence-corrected chi connectivity index (χ1v) is 8.04. The molecule has 1 aromatic heterocycles.